The Bertz CT molecular complexity index is 860. The van der Waals surface area contributed by atoms with Crippen LogP contribution in [-0.4, -0.2) is 16.1 Å². The van der Waals surface area contributed by atoms with E-state index in [0.29, 0.717) is 15.8 Å². The quantitative estimate of drug-likeness (QED) is 0.762. The summed E-state index contributed by atoms with van der Waals surface area (Å²) in [5.41, 5.74) is 2.82. The van der Waals surface area contributed by atoms with Crippen LogP contribution in [0, 0.1) is 13.8 Å². The molecule has 2 aromatic carbocycles. The van der Waals surface area contributed by atoms with Crippen molar-refractivity contribution >= 4 is 28.6 Å². The lowest BCUT2D eigenvalue weighted by atomic mass is 10.1. The number of carbonyl (C=O) groups is 1. The normalized spacial score (nSPS) is 10.8. The zero-order valence-electron chi connectivity index (χ0n) is 12.3. The fourth-order valence-corrected chi connectivity index (χ4v) is 3.45. The molecule has 0 amide bonds. The van der Waals surface area contributed by atoms with Crippen LogP contribution in [0.3, 0.4) is 0 Å². The van der Waals surface area contributed by atoms with Crippen molar-refractivity contribution in [2.75, 3.05) is 0 Å². The number of hydrogen-bond donors (Lipinski definition) is 1. The summed E-state index contributed by atoms with van der Waals surface area (Å²) in [4.78, 5) is 18.1. The minimum atomic E-state index is -0.917. The van der Waals surface area contributed by atoms with Crippen LogP contribution in [-0.2, 0) is 0 Å². The molecule has 0 unspecified atom stereocenters. The third kappa shape index (κ3) is 2.70. The predicted molar refractivity (Wildman–Crippen MR) is 88.7 cm³/mol. The Morgan fingerprint density at radius 2 is 1.82 bits per heavy atom. The van der Waals surface area contributed by atoms with Gasteiger partial charge in [0.15, 0.2) is 0 Å². The molecule has 1 heterocycles. The van der Waals surface area contributed by atoms with Crippen LogP contribution >= 0.6 is 11.8 Å². The Morgan fingerprint density at radius 1 is 1.09 bits per heavy atom. The molecule has 3 aromatic rings. The van der Waals surface area contributed by atoms with Gasteiger partial charge in [-0.15, -0.1) is 0 Å². The molecule has 0 aliphatic carbocycles. The Labute approximate surface area is 133 Å². The maximum Gasteiger partial charge on any atom is 0.337 e. The number of hydrogen-bond acceptors (Lipinski definition) is 3. The van der Waals surface area contributed by atoms with E-state index in [2.05, 4.69) is 4.98 Å². The van der Waals surface area contributed by atoms with E-state index in [1.807, 2.05) is 62.4 Å². The van der Waals surface area contributed by atoms with E-state index in [-0.39, 0.29) is 0 Å². The molecular weight excluding hydrogens is 294 g/mol. The Balaban J connectivity index is 2.26. The Hall–Kier alpha value is -2.33. The van der Waals surface area contributed by atoms with Crippen LogP contribution in [0.2, 0.25) is 0 Å². The molecule has 0 aliphatic heterocycles. The number of carboxylic acids is 1. The van der Waals surface area contributed by atoms with Gasteiger partial charge in [-0.3, -0.25) is 4.98 Å². The lowest BCUT2D eigenvalue weighted by Gasteiger charge is -2.12. The van der Waals surface area contributed by atoms with Crippen molar-refractivity contribution in [1.29, 1.82) is 0 Å². The van der Waals surface area contributed by atoms with Gasteiger partial charge in [0.05, 0.1) is 16.8 Å². The third-order valence-corrected chi connectivity index (χ3v) is 4.65. The molecular formula is C18H15NO2S. The Kier molecular flexibility index (Phi) is 3.86. The smallest absolute Gasteiger partial charge is 0.337 e. The van der Waals surface area contributed by atoms with Crippen molar-refractivity contribution in [3.05, 3.63) is 65.4 Å². The van der Waals surface area contributed by atoms with Crippen molar-refractivity contribution in [2.45, 2.75) is 23.6 Å². The number of aryl methyl sites for hydroxylation is 2. The van der Waals surface area contributed by atoms with Gasteiger partial charge in [0.2, 0.25) is 0 Å². The highest BCUT2D eigenvalue weighted by molar-refractivity contribution is 7.99. The number of pyridine rings is 1. The third-order valence-electron chi connectivity index (χ3n) is 3.44. The second-order valence-electron chi connectivity index (χ2n) is 5.14. The first kappa shape index (κ1) is 14.6. The van der Waals surface area contributed by atoms with Crippen molar-refractivity contribution in [2.24, 2.45) is 0 Å². The van der Waals surface area contributed by atoms with Crippen LogP contribution in [0.5, 0.6) is 0 Å². The van der Waals surface area contributed by atoms with E-state index in [0.717, 1.165) is 21.7 Å². The molecule has 3 nitrogen and oxygen atoms in total. The summed E-state index contributed by atoms with van der Waals surface area (Å²) in [6, 6.07) is 15.5. The number of carboxylic acid groups (broad SMARTS) is 1. The number of fused-ring (bicyclic) bond motifs is 1. The predicted octanol–water partition coefficient (Wildman–Crippen LogP) is 4.70. The van der Waals surface area contributed by atoms with Gasteiger partial charge in [0.25, 0.3) is 0 Å². The monoisotopic (exact) mass is 309 g/mol. The molecule has 0 radical (unpaired) electrons. The molecule has 0 atom stereocenters. The molecule has 0 saturated carbocycles. The lowest BCUT2D eigenvalue weighted by molar-refractivity contribution is 0.0695. The van der Waals surface area contributed by atoms with E-state index in [4.69, 9.17) is 0 Å². The lowest BCUT2D eigenvalue weighted by Crippen LogP contribution is -2.04. The topological polar surface area (TPSA) is 50.2 Å². The second-order valence-corrected chi connectivity index (χ2v) is 6.23. The van der Waals surface area contributed by atoms with E-state index in [9.17, 15) is 9.90 Å². The van der Waals surface area contributed by atoms with E-state index in [1.165, 1.54) is 11.8 Å². The highest BCUT2D eigenvalue weighted by Crippen LogP contribution is 2.36. The summed E-state index contributed by atoms with van der Waals surface area (Å²) in [5, 5.41) is 10.4. The summed E-state index contributed by atoms with van der Waals surface area (Å²) in [7, 11) is 0. The van der Waals surface area contributed by atoms with Crippen LogP contribution in [0.25, 0.3) is 10.9 Å². The fourth-order valence-electron chi connectivity index (χ4n) is 2.43. The number of rotatable bonds is 3. The fraction of sp³-hybridized carbons (Fsp3) is 0.111. The molecule has 0 aliphatic rings. The summed E-state index contributed by atoms with van der Waals surface area (Å²) >= 11 is 1.45. The molecule has 0 saturated heterocycles. The molecule has 0 fully saturated rings. The first-order chi connectivity index (χ1) is 10.6. The van der Waals surface area contributed by atoms with Crippen LogP contribution in [0.1, 0.15) is 21.6 Å². The summed E-state index contributed by atoms with van der Waals surface area (Å²) in [5.74, 6) is -0.917. The minimum Gasteiger partial charge on any atom is -0.478 e. The van der Waals surface area contributed by atoms with Crippen molar-refractivity contribution < 1.29 is 9.90 Å². The van der Waals surface area contributed by atoms with Crippen molar-refractivity contribution in [1.82, 2.24) is 4.98 Å². The summed E-state index contributed by atoms with van der Waals surface area (Å²) in [6.07, 6.45) is 0. The van der Waals surface area contributed by atoms with E-state index in [1.54, 1.807) is 0 Å². The highest BCUT2D eigenvalue weighted by Gasteiger charge is 2.19. The minimum absolute atomic E-state index is 0.333. The van der Waals surface area contributed by atoms with Crippen LogP contribution < -0.4 is 0 Å². The average molecular weight is 309 g/mol. The van der Waals surface area contributed by atoms with E-state index < -0.39 is 5.97 Å². The van der Waals surface area contributed by atoms with Gasteiger partial charge in [0, 0.05) is 15.2 Å². The van der Waals surface area contributed by atoms with Gasteiger partial charge in [-0.05, 0) is 38.1 Å². The zero-order chi connectivity index (χ0) is 15.7. The van der Waals surface area contributed by atoms with Gasteiger partial charge in [-0.25, -0.2) is 4.79 Å². The molecule has 0 bridgehead atoms. The number of aromatic carboxylic acids is 1. The van der Waals surface area contributed by atoms with Crippen molar-refractivity contribution in [3.63, 3.8) is 0 Å². The van der Waals surface area contributed by atoms with Crippen LogP contribution in [0.4, 0.5) is 0 Å². The number of nitrogens with zero attached hydrogens (tertiary/aromatic N) is 1. The molecule has 110 valence electrons. The van der Waals surface area contributed by atoms with Gasteiger partial charge in [-0.2, -0.15) is 0 Å². The molecule has 0 spiro atoms. The second kappa shape index (κ2) is 5.81. The molecule has 4 heteroatoms. The molecule has 1 N–H and O–H groups in total. The number of benzene rings is 2. The maximum absolute atomic E-state index is 11.8. The summed E-state index contributed by atoms with van der Waals surface area (Å²) in [6.45, 7) is 3.81. The SMILES string of the molecule is Cc1ccc2nc(C)c(Sc3ccccc3)c(C(=O)O)c2c1. The van der Waals surface area contributed by atoms with Gasteiger partial charge in [-0.1, -0.05) is 41.6 Å². The van der Waals surface area contributed by atoms with Gasteiger partial charge >= 0.3 is 5.97 Å². The molecule has 22 heavy (non-hydrogen) atoms. The largest absolute Gasteiger partial charge is 0.478 e. The van der Waals surface area contributed by atoms with Gasteiger partial charge in [0.1, 0.15) is 0 Å². The molecule has 3 rings (SSSR count). The standard InChI is InChI=1S/C18H15NO2S/c1-11-8-9-15-14(10-11)16(18(20)21)17(12(2)19-15)22-13-6-4-3-5-7-13/h3-10H,1-2H3,(H,20,21). The maximum atomic E-state index is 11.8. The number of aromatic nitrogens is 1. The zero-order valence-corrected chi connectivity index (χ0v) is 13.1. The first-order valence-electron chi connectivity index (χ1n) is 6.93. The molecule has 1 aromatic heterocycles. The first-order valence-corrected chi connectivity index (χ1v) is 7.75. The van der Waals surface area contributed by atoms with Crippen LogP contribution in [0.15, 0.2) is 58.3 Å². The Morgan fingerprint density at radius 3 is 2.50 bits per heavy atom. The average Bonchev–Trinajstić information content (AvgIpc) is 2.49. The summed E-state index contributed by atoms with van der Waals surface area (Å²) < 4.78 is 0. The van der Waals surface area contributed by atoms with E-state index >= 15 is 0 Å². The highest BCUT2D eigenvalue weighted by atomic mass is 32.2. The van der Waals surface area contributed by atoms with Crippen molar-refractivity contribution in [3.8, 4) is 0 Å². The van der Waals surface area contributed by atoms with Gasteiger partial charge < -0.3 is 5.11 Å².